The summed E-state index contributed by atoms with van der Waals surface area (Å²) in [5.41, 5.74) is -3.16. The van der Waals surface area contributed by atoms with Gasteiger partial charge in [0.1, 0.15) is 11.5 Å². The minimum atomic E-state index is -4.58. The summed E-state index contributed by atoms with van der Waals surface area (Å²) in [5, 5.41) is 2.32. The largest absolute Gasteiger partial charge is 0.433 e. The van der Waals surface area contributed by atoms with Gasteiger partial charge in [-0.25, -0.2) is 18.6 Å². The summed E-state index contributed by atoms with van der Waals surface area (Å²) in [6.07, 6.45) is -3.71. The van der Waals surface area contributed by atoms with Gasteiger partial charge in [0.2, 0.25) is 0 Å². The summed E-state index contributed by atoms with van der Waals surface area (Å²) in [4.78, 5) is 16.3. The summed E-state index contributed by atoms with van der Waals surface area (Å²) in [6.45, 7) is -0.707. The molecule has 25 heavy (non-hydrogen) atoms. The van der Waals surface area contributed by atoms with Crippen LogP contribution in [0, 0.1) is 5.82 Å². The van der Waals surface area contributed by atoms with Crippen LogP contribution in [0.15, 0.2) is 42.6 Å². The molecular weight excluding hydrogens is 345 g/mol. The minimum absolute atomic E-state index is 0.0419. The molecular formula is C16H12F5N3O. The van der Waals surface area contributed by atoms with Crippen LogP contribution in [0.2, 0.25) is 0 Å². The molecule has 0 spiro atoms. The van der Waals surface area contributed by atoms with Crippen LogP contribution < -0.4 is 5.32 Å². The molecule has 1 N–H and O–H groups in total. The van der Waals surface area contributed by atoms with Crippen LogP contribution in [0.5, 0.6) is 0 Å². The van der Waals surface area contributed by atoms with Gasteiger partial charge in [0, 0.05) is 5.56 Å². The maximum Gasteiger partial charge on any atom is 0.433 e. The third-order valence-electron chi connectivity index (χ3n) is 3.83. The maximum absolute atomic E-state index is 14.6. The van der Waals surface area contributed by atoms with E-state index < -0.39 is 29.4 Å². The van der Waals surface area contributed by atoms with E-state index in [-0.39, 0.29) is 24.3 Å². The van der Waals surface area contributed by atoms with Crippen LogP contribution in [0.1, 0.15) is 11.3 Å². The smallest absolute Gasteiger partial charge is 0.317 e. The molecule has 0 radical (unpaired) electrons. The molecule has 0 atom stereocenters. The van der Waals surface area contributed by atoms with Crippen molar-refractivity contribution in [3.63, 3.8) is 0 Å². The van der Waals surface area contributed by atoms with E-state index in [4.69, 9.17) is 0 Å². The second kappa shape index (κ2) is 5.98. The van der Waals surface area contributed by atoms with Crippen LogP contribution in [-0.2, 0) is 11.8 Å². The molecule has 0 aliphatic carbocycles. The fraction of sp³-hybridized carbons (Fsp3) is 0.250. The van der Waals surface area contributed by atoms with Gasteiger partial charge in [0.05, 0.1) is 25.0 Å². The van der Waals surface area contributed by atoms with Crippen molar-refractivity contribution in [1.29, 1.82) is 0 Å². The number of alkyl halides is 4. The van der Waals surface area contributed by atoms with Gasteiger partial charge >= 0.3 is 12.2 Å². The number of carbonyl (C=O) groups excluding carboxylic acids is 1. The lowest BCUT2D eigenvalue weighted by atomic mass is 9.88. The lowest BCUT2D eigenvalue weighted by Crippen LogP contribution is -2.60. The first kappa shape index (κ1) is 17.1. The van der Waals surface area contributed by atoms with E-state index in [9.17, 15) is 26.7 Å². The molecule has 1 saturated heterocycles. The Bertz CT molecular complexity index is 785. The first-order valence-corrected chi connectivity index (χ1v) is 7.22. The van der Waals surface area contributed by atoms with E-state index in [0.29, 0.717) is 0 Å². The second-order valence-electron chi connectivity index (χ2n) is 5.66. The Morgan fingerprint density at radius 2 is 1.84 bits per heavy atom. The number of likely N-dealkylation sites (tertiary alicyclic amines) is 1. The SMILES string of the molecule is O=C(Nc1ccc(C(F)(F)F)nc1)N1CC(F)(c2ccccc2F)C1. The highest BCUT2D eigenvalue weighted by Gasteiger charge is 2.48. The predicted molar refractivity (Wildman–Crippen MR) is 79.0 cm³/mol. The number of amides is 2. The molecule has 3 rings (SSSR count). The highest BCUT2D eigenvalue weighted by Crippen LogP contribution is 2.37. The molecule has 1 aliphatic rings. The second-order valence-corrected chi connectivity index (χ2v) is 5.66. The normalized spacial score (nSPS) is 16.3. The quantitative estimate of drug-likeness (QED) is 0.827. The molecule has 1 aliphatic heterocycles. The molecule has 4 nitrogen and oxygen atoms in total. The summed E-state index contributed by atoms with van der Waals surface area (Å²) < 4.78 is 65.6. The molecule has 2 amide bonds. The van der Waals surface area contributed by atoms with Gasteiger partial charge in [-0.2, -0.15) is 13.2 Å². The van der Waals surface area contributed by atoms with Crippen LogP contribution in [-0.4, -0.2) is 29.0 Å². The number of rotatable bonds is 2. The Hall–Kier alpha value is -2.71. The first-order valence-electron chi connectivity index (χ1n) is 7.22. The predicted octanol–water partition coefficient (Wildman–Crippen LogP) is 3.95. The lowest BCUT2D eigenvalue weighted by molar-refractivity contribution is -0.141. The van der Waals surface area contributed by atoms with E-state index in [0.717, 1.165) is 29.3 Å². The number of pyridine rings is 1. The van der Waals surface area contributed by atoms with Crippen LogP contribution >= 0.6 is 0 Å². The average molecular weight is 357 g/mol. The number of anilines is 1. The van der Waals surface area contributed by atoms with Crippen LogP contribution in [0.4, 0.5) is 32.4 Å². The first-order chi connectivity index (χ1) is 11.7. The molecule has 0 saturated carbocycles. The molecule has 0 bridgehead atoms. The van der Waals surface area contributed by atoms with E-state index in [1.165, 1.54) is 18.2 Å². The molecule has 1 aromatic heterocycles. The molecule has 132 valence electrons. The third-order valence-corrected chi connectivity index (χ3v) is 3.83. The monoisotopic (exact) mass is 357 g/mol. The number of urea groups is 1. The molecule has 2 heterocycles. The van der Waals surface area contributed by atoms with Gasteiger partial charge in [-0.15, -0.1) is 0 Å². The number of halogens is 5. The molecule has 1 fully saturated rings. The van der Waals surface area contributed by atoms with E-state index >= 15 is 0 Å². The minimum Gasteiger partial charge on any atom is -0.317 e. The van der Waals surface area contributed by atoms with Crippen molar-refractivity contribution in [1.82, 2.24) is 9.88 Å². The van der Waals surface area contributed by atoms with E-state index in [1.54, 1.807) is 0 Å². The lowest BCUT2D eigenvalue weighted by Gasteiger charge is -2.44. The standard InChI is InChI=1S/C16H12F5N3O/c17-12-4-2-1-3-11(12)15(18)8-24(9-15)14(25)23-10-5-6-13(22-7-10)16(19,20)21/h1-7H,8-9H2,(H,23,25). The van der Waals surface area contributed by atoms with Gasteiger partial charge < -0.3 is 10.2 Å². The van der Waals surface area contributed by atoms with Crippen molar-refractivity contribution < 1.29 is 26.7 Å². The summed E-state index contributed by atoms with van der Waals surface area (Å²) in [7, 11) is 0. The zero-order valence-corrected chi connectivity index (χ0v) is 12.6. The van der Waals surface area contributed by atoms with Crippen molar-refractivity contribution >= 4 is 11.7 Å². The Balaban J connectivity index is 1.62. The summed E-state index contributed by atoms with van der Waals surface area (Å²) in [6, 6.07) is 6.44. The van der Waals surface area contributed by atoms with Crippen molar-refractivity contribution in [3.05, 3.63) is 59.7 Å². The topological polar surface area (TPSA) is 45.2 Å². The van der Waals surface area contributed by atoms with E-state index in [2.05, 4.69) is 10.3 Å². The fourth-order valence-corrected chi connectivity index (χ4v) is 2.54. The van der Waals surface area contributed by atoms with Gasteiger partial charge in [-0.3, -0.25) is 0 Å². The third kappa shape index (κ3) is 3.40. The number of carbonyl (C=O) groups is 1. The summed E-state index contributed by atoms with van der Waals surface area (Å²) in [5.74, 6) is -0.697. The van der Waals surface area contributed by atoms with Gasteiger partial charge in [0.25, 0.3) is 0 Å². The van der Waals surface area contributed by atoms with Crippen molar-refractivity contribution in [2.75, 3.05) is 18.4 Å². The zero-order valence-electron chi connectivity index (χ0n) is 12.6. The molecule has 0 unspecified atom stereocenters. The van der Waals surface area contributed by atoms with Crippen molar-refractivity contribution in [2.45, 2.75) is 11.8 Å². The summed E-state index contributed by atoms with van der Waals surface area (Å²) >= 11 is 0. The average Bonchev–Trinajstić information content (AvgIpc) is 2.52. The highest BCUT2D eigenvalue weighted by molar-refractivity contribution is 5.90. The zero-order chi connectivity index (χ0) is 18.2. The number of hydrogen-bond donors (Lipinski definition) is 1. The molecule has 9 heteroatoms. The van der Waals surface area contributed by atoms with Crippen molar-refractivity contribution in [3.8, 4) is 0 Å². The fourth-order valence-electron chi connectivity index (χ4n) is 2.54. The number of hydrogen-bond acceptors (Lipinski definition) is 2. The van der Waals surface area contributed by atoms with Crippen molar-refractivity contribution in [2.24, 2.45) is 0 Å². The number of nitrogens with zero attached hydrogens (tertiary/aromatic N) is 2. The number of benzene rings is 1. The number of aromatic nitrogens is 1. The van der Waals surface area contributed by atoms with Gasteiger partial charge in [-0.1, -0.05) is 18.2 Å². The van der Waals surface area contributed by atoms with Gasteiger partial charge in [-0.05, 0) is 18.2 Å². The maximum atomic E-state index is 14.6. The Morgan fingerprint density at radius 1 is 1.16 bits per heavy atom. The van der Waals surface area contributed by atoms with E-state index in [1.807, 2.05) is 0 Å². The van der Waals surface area contributed by atoms with Gasteiger partial charge in [0.15, 0.2) is 5.67 Å². The Labute approximate surface area is 139 Å². The Morgan fingerprint density at radius 3 is 2.40 bits per heavy atom. The molecule has 2 aromatic rings. The highest BCUT2D eigenvalue weighted by atomic mass is 19.4. The van der Waals surface area contributed by atoms with Crippen LogP contribution in [0.25, 0.3) is 0 Å². The molecule has 1 aromatic carbocycles. The Kier molecular flexibility index (Phi) is 4.09. The number of nitrogens with one attached hydrogen (secondary N) is 1. The van der Waals surface area contributed by atoms with Crippen LogP contribution in [0.3, 0.4) is 0 Å².